The van der Waals surface area contributed by atoms with Gasteiger partial charge < -0.3 is 10.1 Å². The molecule has 2 heterocycles. The van der Waals surface area contributed by atoms with Gasteiger partial charge in [0.05, 0.1) is 16.3 Å². The first-order chi connectivity index (χ1) is 14.5. The first-order valence-electron chi connectivity index (χ1n) is 8.68. The second kappa shape index (κ2) is 8.71. The fourth-order valence-electron chi connectivity index (χ4n) is 2.67. The van der Waals surface area contributed by atoms with Crippen LogP contribution in [0.25, 0.3) is 11.0 Å². The second-order valence-electron chi connectivity index (χ2n) is 6.06. The fourth-order valence-corrected chi connectivity index (χ4v) is 3.90. The normalized spacial score (nSPS) is 11.1. The number of halogens is 2. The highest BCUT2D eigenvalue weighted by atomic mass is 35.5. The predicted molar refractivity (Wildman–Crippen MR) is 119 cm³/mol. The molecule has 0 spiro atoms. The van der Waals surface area contributed by atoms with Crippen LogP contribution in [0.2, 0.25) is 10.2 Å². The maximum absolute atomic E-state index is 12.3. The summed E-state index contributed by atoms with van der Waals surface area (Å²) in [5.74, 6) is -0.560. The molecule has 0 bridgehead atoms. The summed E-state index contributed by atoms with van der Waals surface area (Å²) in [4.78, 5) is 29.3. The maximum atomic E-state index is 12.3. The van der Waals surface area contributed by atoms with Crippen LogP contribution < -0.4 is 10.1 Å². The lowest BCUT2D eigenvalue weighted by atomic mass is 10.2. The van der Waals surface area contributed by atoms with Gasteiger partial charge in [-0.05, 0) is 42.5 Å². The highest BCUT2D eigenvalue weighted by Gasteiger charge is 2.11. The summed E-state index contributed by atoms with van der Waals surface area (Å²) < 4.78 is 7.07. The van der Waals surface area contributed by atoms with Crippen molar-refractivity contribution in [3.05, 3.63) is 87.6 Å². The molecule has 0 atom stereocenters. The fraction of sp³-hybridized carbons (Fsp3) is 0. The average Bonchev–Trinajstić information content (AvgIpc) is 3.29. The lowest BCUT2D eigenvalue weighted by Gasteiger charge is -2.07. The number of aromatic nitrogens is 2. The van der Waals surface area contributed by atoms with E-state index in [2.05, 4.69) is 10.3 Å². The zero-order chi connectivity index (χ0) is 21.1. The molecule has 0 aliphatic carbocycles. The van der Waals surface area contributed by atoms with E-state index in [1.807, 2.05) is 11.6 Å². The Kier molecular flexibility index (Phi) is 5.85. The topological polar surface area (TPSA) is 72.7 Å². The summed E-state index contributed by atoms with van der Waals surface area (Å²) in [6.45, 7) is 0. The number of carbonyl (C=O) groups is 2. The summed E-state index contributed by atoms with van der Waals surface area (Å²) in [6.07, 6.45) is 4.65. The molecule has 30 heavy (non-hydrogen) atoms. The van der Waals surface area contributed by atoms with Crippen LogP contribution in [0.3, 0.4) is 0 Å². The molecule has 1 amide bonds. The van der Waals surface area contributed by atoms with Crippen LogP contribution in [0.4, 0.5) is 5.69 Å². The molecule has 2 aromatic carbocycles. The number of imidazole rings is 1. The van der Waals surface area contributed by atoms with Crippen molar-refractivity contribution in [1.82, 2.24) is 9.38 Å². The van der Waals surface area contributed by atoms with Gasteiger partial charge in [0.2, 0.25) is 0 Å². The zero-order valence-electron chi connectivity index (χ0n) is 15.2. The number of ether oxygens (including phenoxy) is 1. The summed E-state index contributed by atoms with van der Waals surface area (Å²) in [5.41, 5.74) is 1.52. The van der Waals surface area contributed by atoms with Crippen molar-refractivity contribution in [3.63, 3.8) is 0 Å². The molecule has 1 N–H and O–H groups in total. The molecule has 4 aromatic rings. The summed E-state index contributed by atoms with van der Waals surface area (Å²) in [7, 11) is 0. The van der Waals surface area contributed by atoms with Crippen molar-refractivity contribution in [2.24, 2.45) is 0 Å². The van der Waals surface area contributed by atoms with Crippen LogP contribution in [-0.2, 0) is 4.79 Å². The highest BCUT2D eigenvalue weighted by Crippen LogP contribution is 2.23. The van der Waals surface area contributed by atoms with Crippen molar-refractivity contribution < 1.29 is 14.3 Å². The number of amides is 1. The SMILES string of the molecule is O=C(/C=C/c1c(Cl)nc2sccn12)Oc1ccc(NC(=O)c2ccccc2Cl)cc1. The Morgan fingerprint density at radius 3 is 2.63 bits per heavy atom. The quantitative estimate of drug-likeness (QED) is 0.241. The molecule has 6 nitrogen and oxygen atoms in total. The van der Waals surface area contributed by atoms with Gasteiger partial charge in [0, 0.05) is 23.3 Å². The molecule has 2 aromatic heterocycles. The Balaban J connectivity index is 1.39. The number of hydrogen-bond donors (Lipinski definition) is 1. The number of thiazole rings is 1. The van der Waals surface area contributed by atoms with Gasteiger partial charge in [0.1, 0.15) is 5.75 Å². The van der Waals surface area contributed by atoms with E-state index in [9.17, 15) is 9.59 Å². The van der Waals surface area contributed by atoms with Gasteiger partial charge in [-0.2, -0.15) is 0 Å². The minimum absolute atomic E-state index is 0.310. The smallest absolute Gasteiger partial charge is 0.336 e. The minimum Gasteiger partial charge on any atom is -0.423 e. The molecule has 9 heteroatoms. The number of nitrogens with zero attached hydrogens (tertiary/aromatic N) is 2. The van der Waals surface area contributed by atoms with E-state index in [1.165, 1.54) is 17.4 Å². The van der Waals surface area contributed by atoms with E-state index in [0.717, 1.165) is 4.96 Å². The van der Waals surface area contributed by atoms with Crippen LogP contribution >= 0.6 is 34.5 Å². The molecule has 0 aliphatic rings. The summed E-state index contributed by atoms with van der Waals surface area (Å²) in [6, 6.07) is 13.2. The molecule has 0 unspecified atom stereocenters. The second-order valence-corrected chi connectivity index (χ2v) is 7.69. The third-order valence-corrected chi connectivity index (χ3v) is 5.44. The zero-order valence-corrected chi connectivity index (χ0v) is 17.5. The van der Waals surface area contributed by atoms with E-state index >= 15 is 0 Å². The van der Waals surface area contributed by atoms with Crippen LogP contribution in [-0.4, -0.2) is 21.3 Å². The molecule has 150 valence electrons. The number of fused-ring (bicyclic) bond motifs is 1. The van der Waals surface area contributed by atoms with Gasteiger partial charge >= 0.3 is 5.97 Å². The molecule has 0 saturated heterocycles. The van der Waals surface area contributed by atoms with Gasteiger partial charge in [-0.15, -0.1) is 11.3 Å². The molecule has 0 aliphatic heterocycles. The first kappa shape index (κ1) is 20.2. The van der Waals surface area contributed by atoms with Crippen molar-refractivity contribution in [2.45, 2.75) is 0 Å². The van der Waals surface area contributed by atoms with Gasteiger partial charge in [-0.3, -0.25) is 9.20 Å². The highest BCUT2D eigenvalue weighted by molar-refractivity contribution is 7.15. The molecule has 0 fully saturated rings. The largest absolute Gasteiger partial charge is 0.423 e. The number of anilines is 1. The van der Waals surface area contributed by atoms with Gasteiger partial charge in [0.15, 0.2) is 10.1 Å². The van der Waals surface area contributed by atoms with Gasteiger partial charge in [-0.1, -0.05) is 35.3 Å². The van der Waals surface area contributed by atoms with Crippen LogP contribution in [0.5, 0.6) is 5.75 Å². The number of carbonyl (C=O) groups excluding carboxylic acids is 2. The lowest BCUT2D eigenvalue weighted by Crippen LogP contribution is -2.12. The number of rotatable bonds is 5. The molecular weight excluding hydrogens is 445 g/mol. The summed E-state index contributed by atoms with van der Waals surface area (Å²) in [5, 5.41) is 5.29. The molecule has 0 radical (unpaired) electrons. The third kappa shape index (κ3) is 4.38. The van der Waals surface area contributed by atoms with E-state index in [1.54, 1.807) is 59.0 Å². The molecule has 0 saturated carbocycles. The predicted octanol–water partition coefficient (Wildman–Crippen LogP) is 5.57. The van der Waals surface area contributed by atoms with E-state index in [0.29, 0.717) is 32.9 Å². The summed E-state index contributed by atoms with van der Waals surface area (Å²) >= 11 is 13.6. The number of esters is 1. The van der Waals surface area contributed by atoms with Crippen molar-refractivity contribution in [2.75, 3.05) is 5.32 Å². The van der Waals surface area contributed by atoms with Crippen LogP contribution in [0.1, 0.15) is 16.1 Å². The van der Waals surface area contributed by atoms with Crippen LogP contribution in [0.15, 0.2) is 66.2 Å². The number of benzene rings is 2. The van der Waals surface area contributed by atoms with E-state index in [-0.39, 0.29) is 5.91 Å². The van der Waals surface area contributed by atoms with Crippen LogP contribution in [0, 0.1) is 0 Å². The lowest BCUT2D eigenvalue weighted by molar-refractivity contribution is -0.128. The standard InChI is InChI=1S/C21H13Cl2N3O3S/c22-16-4-2-1-3-15(16)20(28)24-13-5-7-14(8-6-13)29-18(27)10-9-17-19(23)25-21-26(17)11-12-30-21/h1-12H,(H,24,28)/b10-9+. The van der Waals surface area contributed by atoms with Crippen molar-refractivity contribution >= 4 is 63.1 Å². The monoisotopic (exact) mass is 457 g/mol. The third-order valence-electron chi connectivity index (χ3n) is 4.08. The van der Waals surface area contributed by atoms with Gasteiger partial charge in [0.25, 0.3) is 5.91 Å². The van der Waals surface area contributed by atoms with E-state index < -0.39 is 5.97 Å². The molecule has 4 rings (SSSR count). The minimum atomic E-state index is -0.566. The number of nitrogens with one attached hydrogen (secondary N) is 1. The Morgan fingerprint density at radius 2 is 1.87 bits per heavy atom. The Labute approximate surface area is 185 Å². The van der Waals surface area contributed by atoms with E-state index in [4.69, 9.17) is 27.9 Å². The average molecular weight is 458 g/mol. The molecular formula is C21H13Cl2N3O3S. The maximum Gasteiger partial charge on any atom is 0.336 e. The Hall–Kier alpha value is -3.13. The number of hydrogen-bond acceptors (Lipinski definition) is 5. The Morgan fingerprint density at radius 1 is 1.10 bits per heavy atom. The van der Waals surface area contributed by atoms with Crippen molar-refractivity contribution in [1.29, 1.82) is 0 Å². The van der Waals surface area contributed by atoms with Crippen molar-refractivity contribution in [3.8, 4) is 5.75 Å². The van der Waals surface area contributed by atoms with Gasteiger partial charge in [-0.25, -0.2) is 9.78 Å². The first-order valence-corrected chi connectivity index (χ1v) is 10.3. The Bertz CT molecular complexity index is 1260.